The molecule has 2 nitrogen and oxygen atoms in total. The molecule has 0 spiro atoms. The van der Waals surface area contributed by atoms with E-state index in [-0.39, 0.29) is 6.10 Å². The molecule has 0 aliphatic carbocycles. The summed E-state index contributed by atoms with van der Waals surface area (Å²) in [4.78, 5) is 4.76. The van der Waals surface area contributed by atoms with Gasteiger partial charge in [0.1, 0.15) is 6.10 Å². The summed E-state index contributed by atoms with van der Waals surface area (Å²) in [5.74, 6) is 0. The van der Waals surface area contributed by atoms with E-state index in [1.54, 1.807) is 0 Å². The second kappa shape index (κ2) is 4.18. The van der Waals surface area contributed by atoms with E-state index >= 15 is 0 Å². The van der Waals surface area contributed by atoms with Gasteiger partial charge in [0.2, 0.25) is 0 Å². The number of hydrogen-bond acceptors (Lipinski definition) is 2. The highest BCUT2D eigenvalue weighted by Crippen LogP contribution is 2.36. The third-order valence-corrected chi connectivity index (χ3v) is 3.50. The third kappa shape index (κ3) is 1.90. The van der Waals surface area contributed by atoms with Crippen molar-refractivity contribution in [2.24, 2.45) is 0 Å². The SMILES string of the molecule is c1ccc(-c2cc([C@H]3CO3)c3ccccc3n2)cc1. The number of pyridine rings is 1. The van der Waals surface area contributed by atoms with Gasteiger partial charge in [0.25, 0.3) is 0 Å². The largest absolute Gasteiger partial charge is 0.368 e. The van der Waals surface area contributed by atoms with Crippen molar-refractivity contribution in [1.29, 1.82) is 0 Å². The van der Waals surface area contributed by atoms with Crippen LogP contribution in [0.2, 0.25) is 0 Å². The van der Waals surface area contributed by atoms with Gasteiger partial charge >= 0.3 is 0 Å². The minimum Gasteiger partial charge on any atom is -0.368 e. The van der Waals surface area contributed by atoms with Crippen LogP contribution in [-0.2, 0) is 4.74 Å². The lowest BCUT2D eigenvalue weighted by molar-refractivity contribution is 0.417. The Morgan fingerprint density at radius 1 is 0.947 bits per heavy atom. The fourth-order valence-corrected chi connectivity index (χ4v) is 2.45. The molecule has 3 aromatic rings. The third-order valence-electron chi connectivity index (χ3n) is 3.50. The number of ether oxygens (including phenoxy) is 1. The highest BCUT2D eigenvalue weighted by atomic mass is 16.6. The predicted octanol–water partition coefficient (Wildman–Crippen LogP) is 3.97. The molecule has 19 heavy (non-hydrogen) atoms. The first-order chi connectivity index (χ1) is 9.42. The van der Waals surface area contributed by atoms with Crippen molar-refractivity contribution in [2.45, 2.75) is 6.10 Å². The normalized spacial score (nSPS) is 17.6. The summed E-state index contributed by atoms with van der Waals surface area (Å²) in [5, 5.41) is 1.20. The highest BCUT2D eigenvalue weighted by molar-refractivity contribution is 5.85. The first-order valence-corrected chi connectivity index (χ1v) is 6.48. The molecule has 0 radical (unpaired) electrons. The van der Waals surface area contributed by atoms with Crippen LogP contribution in [0, 0.1) is 0 Å². The fraction of sp³-hybridized carbons (Fsp3) is 0.118. The Kier molecular flexibility index (Phi) is 2.35. The minimum absolute atomic E-state index is 0.246. The molecule has 1 aliphatic heterocycles. The van der Waals surface area contributed by atoms with Gasteiger partial charge in [0, 0.05) is 10.9 Å². The molecular weight excluding hydrogens is 234 g/mol. The molecule has 0 N–H and O–H groups in total. The molecule has 1 fully saturated rings. The van der Waals surface area contributed by atoms with Crippen molar-refractivity contribution in [3.63, 3.8) is 0 Å². The predicted molar refractivity (Wildman–Crippen MR) is 75.9 cm³/mol. The van der Waals surface area contributed by atoms with Gasteiger partial charge in [-0.15, -0.1) is 0 Å². The molecular formula is C17H13NO. The number of nitrogens with zero attached hydrogens (tertiary/aromatic N) is 1. The van der Waals surface area contributed by atoms with Gasteiger partial charge in [0.05, 0.1) is 17.8 Å². The maximum Gasteiger partial charge on any atom is 0.107 e. The van der Waals surface area contributed by atoms with Crippen molar-refractivity contribution >= 4 is 10.9 Å². The summed E-state index contributed by atoms with van der Waals surface area (Å²) in [6, 6.07) is 20.7. The van der Waals surface area contributed by atoms with E-state index in [4.69, 9.17) is 9.72 Å². The Hall–Kier alpha value is -2.19. The molecule has 92 valence electrons. The molecule has 0 bridgehead atoms. The van der Waals surface area contributed by atoms with Crippen LogP contribution < -0.4 is 0 Å². The molecule has 2 aromatic carbocycles. The number of epoxide rings is 1. The van der Waals surface area contributed by atoms with Crippen LogP contribution in [0.25, 0.3) is 22.2 Å². The van der Waals surface area contributed by atoms with Gasteiger partial charge in [0.15, 0.2) is 0 Å². The number of benzene rings is 2. The van der Waals surface area contributed by atoms with Crippen LogP contribution in [0.1, 0.15) is 11.7 Å². The highest BCUT2D eigenvalue weighted by Gasteiger charge is 2.27. The van der Waals surface area contributed by atoms with E-state index in [9.17, 15) is 0 Å². The van der Waals surface area contributed by atoms with E-state index in [0.717, 1.165) is 23.4 Å². The molecule has 1 aliphatic rings. The van der Waals surface area contributed by atoms with Crippen LogP contribution in [0.5, 0.6) is 0 Å². The number of aromatic nitrogens is 1. The molecule has 4 rings (SSSR count). The molecule has 0 saturated carbocycles. The molecule has 0 unspecified atom stereocenters. The van der Waals surface area contributed by atoms with E-state index in [1.165, 1.54) is 10.9 Å². The lowest BCUT2D eigenvalue weighted by Gasteiger charge is -2.08. The average Bonchev–Trinajstić information content (AvgIpc) is 3.32. The van der Waals surface area contributed by atoms with Crippen molar-refractivity contribution in [2.75, 3.05) is 6.61 Å². The van der Waals surface area contributed by atoms with E-state index in [0.29, 0.717) is 0 Å². The lowest BCUT2D eigenvalue weighted by atomic mass is 10.0. The van der Waals surface area contributed by atoms with Gasteiger partial charge in [-0.2, -0.15) is 0 Å². The molecule has 1 aromatic heterocycles. The van der Waals surface area contributed by atoms with Crippen molar-refractivity contribution < 1.29 is 4.74 Å². The second-order valence-corrected chi connectivity index (χ2v) is 4.80. The minimum atomic E-state index is 0.246. The van der Waals surface area contributed by atoms with Gasteiger partial charge in [-0.3, -0.25) is 0 Å². The van der Waals surface area contributed by atoms with E-state index < -0.39 is 0 Å². The number of fused-ring (bicyclic) bond motifs is 1. The van der Waals surface area contributed by atoms with E-state index in [1.807, 2.05) is 24.3 Å². The van der Waals surface area contributed by atoms with Gasteiger partial charge in [-0.05, 0) is 17.7 Å². The number of hydrogen-bond donors (Lipinski definition) is 0. The quantitative estimate of drug-likeness (QED) is 0.640. The first kappa shape index (κ1) is 10.7. The first-order valence-electron chi connectivity index (χ1n) is 6.48. The van der Waals surface area contributed by atoms with E-state index in [2.05, 4.69) is 36.4 Å². The number of rotatable bonds is 2. The van der Waals surface area contributed by atoms with Crippen LogP contribution >= 0.6 is 0 Å². The van der Waals surface area contributed by atoms with Gasteiger partial charge < -0.3 is 4.74 Å². The van der Waals surface area contributed by atoms with Crippen LogP contribution in [0.15, 0.2) is 60.7 Å². The summed E-state index contributed by atoms with van der Waals surface area (Å²) < 4.78 is 5.47. The number of para-hydroxylation sites is 1. The summed E-state index contributed by atoms with van der Waals surface area (Å²) in [6.07, 6.45) is 0.246. The Labute approximate surface area is 111 Å². The van der Waals surface area contributed by atoms with Gasteiger partial charge in [-0.1, -0.05) is 48.5 Å². The van der Waals surface area contributed by atoms with Gasteiger partial charge in [-0.25, -0.2) is 4.98 Å². The Balaban J connectivity index is 1.98. The summed E-state index contributed by atoms with van der Waals surface area (Å²) in [6.45, 7) is 0.822. The monoisotopic (exact) mass is 247 g/mol. The topological polar surface area (TPSA) is 25.4 Å². The second-order valence-electron chi connectivity index (χ2n) is 4.80. The summed E-state index contributed by atoms with van der Waals surface area (Å²) in [5.41, 5.74) is 4.46. The molecule has 2 heterocycles. The maximum absolute atomic E-state index is 5.47. The molecule has 1 atom stereocenters. The van der Waals surface area contributed by atoms with Crippen molar-refractivity contribution in [1.82, 2.24) is 4.98 Å². The fourth-order valence-electron chi connectivity index (χ4n) is 2.45. The molecule has 2 heteroatoms. The Morgan fingerprint density at radius 3 is 2.47 bits per heavy atom. The van der Waals surface area contributed by atoms with Crippen LogP contribution in [-0.4, -0.2) is 11.6 Å². The van der Waals surface area contributed by atoms with Crippen LogP contribution in [0.3, 0.4) is 0 Å². The zero-order valence-corrected chi connectivity index (χ0v) is 10.4. The lowest BCUT2D eigenvalue weighted by Crippen LogP contribution is -1.91. The van der Waals surface area contributed by atoms with Crippen molar-refractivity contribution in [3.05, 3.63) is 66.2 Å². The van der Waals surface area contributed by atoms with Crippen molar-refractivity contribution in [3.8, 4) is 11.3 Å². The maximum atomic E-state index is 5.47. The Bertz CT molecular complexity index is 733. The standard InChI is InChI=1S/C17H13NO/c1-2-6-12(7-3-1)16-10-14(17-11-19-17)13-8-4-5-9-15(13)18-16/h1-10,17H,11H2/t17-/m1/s1. The Morgan fingerprint density at radius 2 is 1.68 bits per heavy atom. The zero-order valence-electron chi connectivity index (χ0n) is 10.4. The molecule has 1 saturated heterocycles. The molecule has 0 amide bonds. The summed E-state index contributed by atoms with van der Waals surface area (Å²) in [7, 11) is 0. The zero-order chi connectivity index (χ0) is 12.7. The average molecular weight is 247 g/mol. The van der Waals surface area contributed by atoms with Crippen LogP contribution in [0.4, 0.5) is 0 Å². The smallest absolute Gasteiger partial charge is 0.107 e. The summed E-state index contributed by atoms with van der Waals surface area (Å²) >= 11 is 0.